The Balaban J connectivity index is 1.75. The molecular formula is C16H18FN3O. The number of halogens is 1. The van der Waals surface area contributed by atoms with Crippen LogP contribution in [0.15, 0.2) is 36.8 Å². The van der Waals surface area contributed by atoms with Gasteiger partial charge in [0.05, 0.1) is 0 Å². The van der Waals surface area contributed by atoms with Crippen molar-refractivity contribution in [1.82, 2.24) is 14.5 Å². The molecule has 1 fully saturated rings. The molecule has 0 radical (unpaired) electrons. The molecule has 1 aromatic heterocycles. The van der Waals surface area contributed by atoms with Gasteiger partial charge in [-0.05, 0) is 43.0 Å². The number of benzene rings is 1. The molecule has 3 rings (SSSR count). The minimum absolute atomic E-state index is 0.0252. The highest BCUT2D eigenvalue weighted by Gasteiger charge is 2.22. The smallest absolute Gasteiger partial charge is 0.274 e. The van der Waals surface area contributed by atoms with Crippen molar-refractivity contribution < 1.29 is 9.18 Å². The standard InChI is InChI=1S/C16H18FN3O/c1-12-6-8-19(9-7-12)16(21)15-10-20(11-18-15)14-4-2-13(17)3-5-14/h2-5,10-12H,6-9H2,1H3. The van der Waals surface area contributed by atoms with Crippen molar-refractivity contribution >= 4 is 5.91 Å². The number of carbonyl (C=O) groups is 1. The molecule has 1 aliphatic heterocycles. The third kappa shape index (κ3) is 2.96. The minimum atomic E-state index is -0.280. The van der Waals surface area contributed by atoms with Crippen molar-refractivity contribution in [2.45, 2.75) is 19.8 Å². The van der Waals surface area contributed by atoms with Gasteiger partial charge in [-0.1, -0.05) is 6.92 Å². The molecule has 0 atom stereocenters. The Hall–Kier alpha value is -2.17. The van der Waals surface area contributed by atoms with Gasteiger partial charge in [-0.15, -0.1) is 0 Å². The van der Waals surface area contributed by atoms with E-state index in [1.807, 2.05) is 4.90 Å². The summed E-state index contributed by atoms with van der Waals surface area (Å²) in [4.78, 5) is 18.4. The Bertz CT molecular complexity index is 627. The summed E-state index contributed by atoms with van der Waals surface area (Å²) in [6, 6.07) is 6.10. The molecule has 0 N–H and O–H groups in total. The summed E-state index contributed by atoms with van der Waals surface area (Å²) in [5.74, 6) is 0.381. The normalized spacial score (nSPS) is 16.2. The lowest BCUT2D eigenvalue weighted by Crippen LogP contribution is -2.38. The maximum Gasteiger partial charge on any atom is 0.274 e. The maximum atomic E-state index is 12.9. The van der Waals surface area contributed by atoms with Crippen molar-refractivity contribution in [3.63, 3.8) is 0 Å². The van der Waals surface area contributed by atoms with Gasteiger partial charge < -0.3 is 9.47 Å². The van der Waals surface area contributed by atoms with Crippen molar-refractivity contribution in [1.29, 1.82) is 0 Å². The summed E-state index contributed by atoms with van der Waals surface area (Å²) >= 11 is 0. The average molecular weight is 287 g/mol. The van der Waals surface area contributed by atoms with Crippen LogP contribution in [0.1, 0.15) is 30.3 Å². The quantitative estimate of drug-likeness (QED) is 0.852. The molecule has 0 saturated carbocycles. The van der Waals surface area contributed by atoms with Gasteiger partial charge in [0.2, 0.25) is 0 Å². The van der Waals surface area contributed by atoms with Crippen LogP contribution in [-0.4, -0.2) is 33.4 Å². The molecule has 0 bridgehead atoms. The van der Waals surface area contributed by atoms with Gasteiger partial charge in [-0.3, -0.25) is 4.79 Å². The van der Waals surface area contributed by atoms with Crippen molar-refractivity contribution in [3.8, 4) is 5.69 Å². The van der Waals surface area contributed by atoms with Gasteiger partial charge in [0.1, 0.15) is 17.8 Å². The van der Waals surface area contributed by atoms with Crippen molar-refractivity contribution in [2.75, 3.05) is 13.1 Å². The van der Waals surface area contributed by atoms with E-state index < -0.39 is 0 Å². The number of carbonyl (C=O) groups excluding carboxylic acids is 1. The van der Waals surface area contributed by atoms with Crippen LogP contribution in [0.25, 0.3) is 5.69 Å². The van der Waals surface area contributed by atoms with Gasteiger partial charge in [0.25, 0.3) is 5.91 Å². The van der Waals surface area contributed by atoms with Crippen LogP contribution in [-0.2, 0) is 0 Å². The number of amides is 1. The van der Waals surface area contributed by atoms with Gasteiger partial charge in [0, 0.05) is 25.0 Å². The molecule has 1 amide bonds. The Labute approximate surface area is 123 Å². The maximum absolute atomic E-state index is 12.9. The number of hydrogen-bond acceptors (Lipinski definition) is 2. The van der Waals surface area contributed by atoms with Crippen LogP contribution in [0.2, 0.25) is 0 Å². The zero-order chi connectivity index (χ0) is 14.8. The largest absolute Gasteiger partial charge is 0.337 e. The van der Waals surface area contributed by atoms with Crippen LogP contribution < -0.4 is 0 Å². The second kappa shape index (κ2) is 5.68. The predicted molar refractivity (Wildman–Crippen MR) is 77.8 cm³/mol. The minimum Gasteiger partial charge on any atom is -0.337 e. The Morgan fingerprint density at radius 1 is 1.24 bits per heavy atom. The molecule has 110 valence electrons. The van der Waals surface area contributed by atoms with Crippen molar-refractivity contribution in [3.05, 3.63) is 48.3 Å². The van der Waals surface area contributed by atoms with Crippen LogP contribution in [0.3, 0.4) is 0 Å². The van der Waals surface area contributed by atoms with Crippen molar-refractivity contribution in [2.24, 2.45) is 5.92 Å². The first-order valence-corrected chi connectivity index (χ1v) is 7.22. The molecule has 0 unspecified atom stereocenters. The Kier molecular flexibility index (Phi) is 3.73. The topological polar surface area (TPSA) is 38.1 Å². The van der Waals surface area contributed by atoms with E-state index in [0.717, 1.165) is 31.6 Å². The lowest BCUT2D eigenvalue weighted by Gasteiger charge is -2.29. The molecule has 5 heteroatoms. The van der Waals surface area contributed by atoms with E-state index in [1.54, 1.807) is 29.2 Å². The van der Waals surface area contributed by atoms with Gasteiger partial charge >= 0.3 is 0 Å². The zero-order valence-corrected chi connectivity index (χ0v) is 12.0. The monoisotopic (exact) mass is 287 g/mol. The summed E-state index contributed by atoms with van der Waals surface area (Å²) in [6.07, 6.45) is 5.38. The van der Waals surface area contributed by atoms with E-state index in [1.165, 1.54) is 12.1 Å². The number of aromatic nitrogens is 2. The number of hydrogen-bond donors (Lipinski definition) is 0. The summed E-state index contributed by atoms with van der Waals surface area (Å²) < 4.78 is 14.7. The third-order valence-electron chi connectivity index (χ3n) is 4.00. The SMILES string of the molecule is CC1CCN(C(=O)c2cn(-c3ccc(F)cc3)cn2)CC1. The molecule has 0 aliphatic carbocycles. The highest BCUT2D eigenvalue weighted by atomic mass is 19.1. The number of imidazole rings is 1. The first kappa shape index (κ1) is 13.8. The first-order chi connectivity index (χ1) is 10.1. The second-order valence-corrected chi connectivity index (χ2v) is 5.62. The molecule has 21 heavy (non-hydrogen) atoms. The van der Waals surface area contributed by atoms with Crippen LogP contribution in [0.4, 0.5) is 4.39 Å². The van der Waals surface area contributed by atoms with Crippen LogP contribution >= 0.6 is 0 Å². The molecule has 2 heterocycles. The predicted octanol–water partition coefficient (Wildman–Crippen LogP) is 2.88. The zero-order valence-electron chi connectivity index (χ0n) is 12.0. The number of likely N-dealkylation sites (tertiary alicyclic amines) is 1. The molecule has 0 spiro atoms. The van der Waals surface area contributed by atoms with E-state index in [-0.39, 0.29) is 11.7 Å². The highest BCUT2D eigenvalue weighted by molar-refractivity contribution is 5.92. The molecule has 2 aromatic rings. The summed E-state index contributed by atoms with van der Waals surface area (Å²) in [7, 11) is 0. The van der Waals surface area contributed by atoms with E-state index >= 15 is 0 Å². The molecule has 1 saturated heterocycles. The molecular weight excluding hydrogens is 269 g/mol. The Morgan fingerprint density at radius 3 is 2.57 bits per heavy atom. The van der Waals surface area contributed by atoms with E-state index in [4.69, 9.17) is 0 Å². The number of piperidine rings is 1. The Morgan fingerprint density at radius 2 is 1.90 bits per heavy atom. The second-order valence-electron chi connectivity index (χ2n) is 5.62. The summed E-state index contributed by atoms with van der Waals surface area (Å²) in [5, 5.41) is 0. The number of rotatable bonds is 2. The first-order valence-electron chi connectivity index (χ1n) is 7.22. The van der Waals surface area contributed by atoms with Gasteiger partial charge in [0.15, 0.2) is 0 Å². The van der Waals surface area contributed by atoms with Crippen LogP contribution in [0, 0.1) is 11.7 Å². The highest BCUT2D eigenvalue weighted by Crippen LogP contribution is 2.18. The van der Waals surface area contributed by atoms with E-state index in [2.05, 4.69) is 11.9 Å². The fourth-order valence-electron chi connectivity index (χ4n) is 2.56. The summed E-state index contributed by atoms with van der Waals surface area (Å²) in [6.45, 7) is 3.80. The van der Waals surface area contributed by atoms with Gasteiger partial charge in [-0.2, -0.15) is 0 Å². The average Bonchev–Trinajstić information content (AvgIpc) is 2.98. The fourth-order valence-corrected chi connectivity index (χ4v) is 2.56. The van der Waals surface area contributed by atoms with E-state index in [0.29, 0.717) is 11.6 Å². The lowest BCUT2D eigenvalue weighted by molar-refractivity contribution is 0.0692. The fraction of sp³-hybridized carbons (Fsp3) is 0.375. The third-order valence-corrected chi connectivity index (χ3v) is 4.00. The molecule has 1 aliphatic rings. The number of nitrogens with zero attached hydrogens (tertiary/aromatic N) is 3. The van der Waals surface area contributed by atoms with Gasteiger partial charge in [-0.25, -0.2) is 9.37 Å². The lowest BCUT2D eigenvalue weighted by atomic mass is 9.99. The summed E-state index contributed by atoms with van der Waals surface area (Å²) in [5.41, 5.74) is 1.23. The van der Waals surface area contributed by atoms with Crippen LogP contribution in [0.5, 0.6) is 0 Å². The molecule has 4 nitrogen and oxygen atoms in total. The molecule has 1 aromatic carbocycles. The van der Waals surface area contributed by atoms with E-state index in [9.17, 15) is 9.18 Å².